The maximum absolute atomic E-state index is 2.46. The molecule has 0 nitrogen and oxygen atoms in total. The van der Waals surface area contributed by atoms with Gasteiger partial charge in [0, 0.05) is 0 Å². The van der Waals surface area contributed by atoms with Crippen LogP contribution in [0.2, 0.25) is 0 Å². The molecule has 2 aromatic rings. The Bertz CT molecular complexity index is 749. The number of hydrogen-bond acceptors (Lipinski definition) is 0. The van der Waals surface area contributed by atoms with Gasteiger partial charge in [0.25, 0.3) is 0 Å². The fraction of sp³-hybridized carbons (Fsp3) is 0.200. The van der Waals surface area contributed by atoms with Gasteiger partial charge in [-0.25, -0.2) is 0 Å². The average molecular weight is 420 g/mol. The van der Waals surface area contributed by atoms with Crippen molar-refractivity contribution in [2.75, 3.05) is 0 Å². The molecule has 0 aromatic heterocycles. The molecule has 2 aliphatic rings. The molecule has 3 heteroatoms. The van der Waals surface area contributed by atoms with Gasteiger partial charge in [0.05, 0.1) is 0 Å². The number of hydrogen-bond donors (Lipinski definition) is 0. The minimum atomic E-state index is -0.595. The zero-order chi connectivity index (χ0) is 14.2. The Hall–Kier alpha value is -0.617. The minimum Gasteiger partial charge on any atom is -1.00 e. The Morgan fingerprint density at radius 3 is 2.26 bits per heavy atom. The van der Waals surface area contributed by atoms with Crippen LogP contribution in [0.5, 0.6) is 0 Å². The second-order valence-electron chi connectivity index (χ2n) is 5.77. The molecule has 2 unspecified atom stereocenters. The number of fused-ring (bicyclic) bond motifs is 2. The van der Waals surface area contributed by atoms with E-state index in [0.717, 1.165) is 7.25 Å². The number of benzene rings is 2. The van der Waals surface area contributed by atoms with Crippen LogP contribution in [-0.2, 0) is 23.2 Å². The molecule has 2 aromatic carbocycles. The van der Waals surface area contributed by atoms with Crippen LogP contribution in [0.25, 0.3) is 12.2 Å². The first-order chi connectivity index (χ1) is 10.4. The monoisotopic (exact) mass is 418 g/mol. The summed E-state index contributed by atoms with van der Waals surface area (Å²) in [4.78, 5) is 0. The smallest absolute Gasteiger partial charge is 1.00 e. The Morgan fingerprint density at radius 2 is 1.52 bits per heavy atom. The van der Waals surface area contributed by atoms with E-state index >= 15 is 0 Å². The number of halogens is 2. The summed E-state index contributed by atoms with van der Waals surface area (Å²) in [5.41, 5.74) is 7.75. The summed E-state index contributed by atoms with van der Waals surface area (Å²) in [7, 11) is 0. The van der Waals surface area contributed by atoms with E-state index in [1.165, 1.54) is 17.5 Å². The van der Waals surface area contributed by atoms with Crippen molar-refractivity contribution in [3.8, 4) is 0 Å². The van der Waals surface area contributed by atoms with Crippen LogP contribution >= 0.6 is 0 Å². The molecule has 0 radical (unpaired) electrons. The SMILES string of the molecule is CCC1=Cc2ccccc2[CH]1[Zr+2][CH]1C=Cc2ccccc21.[Cl-].[Cl-]. The van der Waals surface area contributed by atoms with Crippen molar-refractivity contribution in [1.29, 1.82) is 0 Å². The van der Waals surface area contributed by atoms with Crippen molar-refractivity contribution in [3.63, 3.8) is 0 Å². The summed E-state index contributed by atoms with van der Waals surface area (Å²) in [5.74, 6) is 0. The minimum absolute atomic E-state index is 0. The molecule has 0 heterocycles. The topological polar surface area (TPSA) is 0 Å². The van der Waals surface area contributed by atoms with Crippen molar-refractivity contribution in [2.45, 2.75) is 20.6 Å². The maximum atomic E-state index is 2.46. The van der Waals surface area contributed by atoms with Gasteiger partial charge in [-0.3, -0.25) is 0 Å². The predicted molar refractivity (Wildman–Crippen MR) is 85.7 cm³/mol. The first-order valence-corrected chi connectivity index (χ1v) is 10.5. The van der Waals surface area contributed by atoms with E-state index in [-0.39, 0.29) is 24.8 Å². The van der Waals surface area contributed by atoms with Crippen molar-refractivity contribution >= 4 is 12.2 Å². The zero-order valence-electron chi connectivity index (χ0n) is 13.0. The molecular weight excluding hydrogens is 402 g/mol. The number of allylic oxidation sites excluding steroid dienone is 2. The van der Waals surface area contributed by atoms with Gasteiger partial charge in [0.2, 0.25) is 0 Å². The van der Waals surface area contributed by atoms with Gasteiger partial charge in [-0.1, -0.05) is 0 Å². The van der Waals surface area contributed by atoms with E-state index in [4.69, 9.17) is 0 Å². The molecule has 0 N–H and O–H groups in total. The quantitative estimate of drug-likeness (QED) is 0.622. The van der Waals surface area contributed by atoms with Gasteiger partial charge in [0.15, 0.2) is 0 Å². The summed E-state index contributed by atoms with van der Waals surface area (Å²) < 4.78 is 1.49. The molecule has 0 saturated heterocycles. The normalized spacial score (nSPS) is 19.8. The zero-order valence-corrected chi connectivity index (χ0v) is 16.9. The fourth-order valence-corrected chi connectivity index (χ4v) is 8.27. The maximum Gasteiger partial charge on any atom is -1.00 e. The van der Waals surface area contributed by atoms with Crippen LogP contribution < -0.4 is 24.8 Å². The van der Waals surface area contributed by atoms with E-state index < -0.39 is 23.2 Å². The summed E-state index contributed by atoms with van der Waals surface area (Å²) >= 11 is -0.595. The third kappa shape index (κ3) is 3.43. The third-order valence-corrected chi connectivity index (χ3v) is 9.19. The molecule has 0 fully saturated rings. The van der Waals surface area contributed by atoms with E-state index in [9.17, 15) is 0 Å². The van der Waals surface area contributed by atoms with Gasteiger partial charge >= 0.3 is 138 Å². The molecular formula is C20H18Cl2Zr. The average Bonchev–Trinajstić information content (AvgIpc) is 3.10. The Balaban J connectivity index is 0.000000960. The molecule has 2 atom stereocenters. The van der Waals surface area contributed by atoms with Crippen molar-refractivity contribution in [3.05, 3.63) is 82.4 Å². The van der Waals surface area contributed by atoms with Crippen LogP contribution in [0, 0.1) is 0 Å². The molecule has 0 aliphatic heterocycles. The second kappa shape index (κ2) is 7.97. The molecule has 2 aliphatic carbocycles. The molecule has 0 bridgehead atoms. The second-order valence-corrected chi connectivity index (χ2v) is 9.53. The molecule has 4 rings (SSSR count). The summed E-state index contributed by atoms with van der Waals surface area (Å²) in [6.07, 6.45) is 8.44. The molecule has 0 saturated carbocycles. The van der Waals surface area contributed by atoms with E-state index in [1.807, 2.05) is 0 Å². The Morgan fingerprint density at radius 1 is 0.870 bits per heavy atom. The van der Waals surface area contributed by atoms with Gasteiger partial charge in [-0.05, 0) is 0 Å². The van der Waals surface area contributed by atoms with E-state index in [0.29, 0.717) is 0 Å². The summed E-state index contributed by atoms with van der Waals surface area (Å²) in [5, 5.41) is 0. The summed E-state index contributed by atoms with van der Waals surface area (Å²) in [6, 6.07) is 17.9. The van der Waals surface area contributed by atoms with Crippen LogP contribution in [0.1, 0.15) is 42.8 Å². The first-order valence-electron chi connectivity index (χ1n) is 7.69. The third-order valence-electron chi connectivity index (χ3n) is 4.57. The van der Waals surface area contributed by atoms with Crippen molar-refractivity contribution in [2.24, 2.45) is 0 Å². The van der Waals surface area contributed by atoms with E-state index in [1.54, 1.807) is 16.7 Å². The van der Waals surface area contributed by atoms with Crippen LogP contribution in [0.4, 0.5) is 0 Å². The Kier molecular flexibility index (Phi) is 6.49. The van der Waals surface area contributed by atoms with Gasteiger partial charge in [0.1, 0.15) is 0 Å². The molecule has 23 heavy (non-hydrogen) atoms. The standard InChI is InChI=1S/C11H11.C9H7.2ClH.Zr/c1-2-9-7-10-5-3-4-6-11(10)8-9;1-2-5-9-7-3-6-8(9)4-1;;;/h3-8H,2H2,1H3;1-7H;2*1H;/q;;;;+2/p-2. The molecule has 116 valence electrons. The van der Waals surface area contributed by atoms with Gasteiger partial charge in [-0.15, -0.1) is 0 Å². The van der Waals surface area contributed by atoms with Gasteiger partial charge < -0.3 is 24.8 Å². The van der Waals surface area contributed by atoms with Crippen molar-refractivity contribution in [1.82, 2.24) is 0 Å². The predicted octanol–water partition coefficient (Wildman–Crippen LogP) is -0.607. The van der Waals surface area contributed by atoms with Crippen LogP contribution in [0.3, 0.4) is 0 Å². The van der Waals surface area contributed by atoms with Crippen LogP contribution in [0.15, 0.2) is 60.2 Å². The van der Waals surface area contributed by atoms with E-state index in [2.05, 4.69) is 73.7 Å². The molecule has 0 amide bonds. The Labute approximate surface area is 162 Å². The van der Waals surface area contributed by atoms with Gasteiger partial charge in [-0.2, -0.15) is 0 Å². The summed E-state index contributed by atoms with van der Waals surface area (Å²) in [6.45, 7) is 2.31. The van der Waals surface area contributed by atoms with Crippen LogP contribution in [-0.4, -0.2) is 0 Å². The largest absolute Gasteiger partial charge is 1.00 e. The molecule has 0 spiro atoms. The first kappa shape index (κ1) is 18.7. The fourth-order valence-electron chi connectivity index (χ4n) is 3.47. The van der Waals surface area contributed by atoms with Crippen molar-refractivity contribution < 1.29 is 48.0 Å². The number of rotatable bonds is 3.